The molecule has 0 unspecified atom stereocenters. The number of ether oxygens (including phenoxy) is 1. The van der Waals surface area contributed by atoms with E-state index in [2.05, 4.69) is 96.3 Å². The van der Waals surface area contributed by atoms with Crippen LogP contribution in [0.25, 0.3) is 44.3 Å². The van der Waals surface area contributed by atoms with E-state index in [0.717, 1.165) is 45.7 Å². The Kier molecular flexibility index (Phi) is 18.4. The summed E-state index contributed by atoms with van der Waals surface area (Å²) in [7, 11) is 1.47. The standard InChI is InChI=1S/C23H21NO.C20H24N2O2.C18H18O.C14H20O4/c1-23(2,3)22(25)16-12-14-17(15-13-16)24-20-10-6-4-8-18(20)19-9-5-7-11-21(19)24;1-19(2,3)18(24)13-6-8-14(9-7-13)22-16-10-20(4,5)11-17(23)15(16)12-21-22;1-18(2,3)17(19)16-14-10-6-4-8-12(14)13-9-5-7-11-15(13)16;1-14(2,3)13(17)9-5-10(7-15)11(8-16)12(6-9)18-4/h4-15H,1-3H3;6-9,12H,10-11H2,1-5H3;4-11,16H,1-3H3;5-6,15-16H,7-8H2,1-4H3. The summed E-state index contributed by atoms with van der Waals surface area (Å²) in [6.45, 7) is 26.9. The number of Topliss-reactive ketones (excluding diaryl/α,β-unsaturated/α-hetero) is 5. The monoisotopic (exact) mass is 1150 g/mol. The highest BCUT2D eigenvalue weighted by atomic mass is 16.5. The fraction of sp³-hybridized carbons (Fsp3) is 0.333. The van der Waals surface area contributed by atoms with Gasteiger partial charge in [-0.3, -0.25) is 24.0 Å². The summed E-state index contributed by atoms with van der Waals surface area (Å²) in [5.41, 5.74) is 12.1. The molecule has 2 aromatic heterocycles. The van der Waals surface area contributed by atoms with Crippen LogP contribution in [0.2, 0.25) is 0 Å². The van der Waals surface area contributed by atoms with Crippen LogP contribution >= 0.6 is 0 Å². The number of hydrogen-bond acceptors (Lipinski definition) is 9. The van der Waals surface area contributed by atoms with Crippen molar-refractivity contribution in [1.29, 1.82) is 0 Å². The van der Waals surface area contributed by atoms with Gasteiger partial charge in [-0.25, -0.2) is 4.68 Å². The van der Waals surface area contributed by atoms with Gasteiger partial charge in [-0.1, -0.05) is 182 Å². The number of aromatic nitrogens is 3. The molecule has 11 rings (SSSR count). The maximum absolute atomic E-state index is 12.8. The molecule has 0 spiro atoms. The number of aliphatic hydroxyl groups excluding tert-OH is 2. The van der Waals surface area contributed by atoms with Crippen molar-refractivity contribution in [3.05, 3.63) is 214 Å². The summed E-state index contributed by atoms with van der Waals surface area (Å²) in [6, 6.07) is 52.1. The Hall–Kier alpha value is -8.38. The zero-order valence-electron chi connectivity index (χ0n) is 52.7. The Labute approximate surface area is 507 Å². The number of ketones is 5. The second-order valence-corrected chi connectivity index (χ2v) is 27.4. The molecule has 0 saturated heterocycles. The average molecular weight is 1150 g/mol. The molecular formula is C75H83N3O8. The first-order valence-corrected chi connectivity index (χ1v) is 29.5. The minimum absolute atomic E-state index is 0.0278. The van der Waals surface area contributed by atoms with E-state index in [1.54, 1.807) is 18.3 Å². The summed E-state index contributed by atoms with van der Waals surface area (Å²) in [6.07, 6.45) is 3.04. The van der Waals surface area contributed by atoms with E-state index < -0.39 is 10.8 Å². The molecule has 446 valence electrons. The second-order valence-electron chi connectivity index (χ2n) is 27.4. The number of carbonyl (C=O) groups is 5. The Morgan fingerprint density at radius 3 is 1.42 bits per heavy atom. The van der Waals surface area contributed by atoms with Gasteiger partial charge in [-0.2, -0.15) is 5.10 Å². The molecule has 0 radical (unpaired) electrons. The van der Waals surface area contributed by atoms with Gasteiger partial charge in [0.1, 0.15) is 11.5 Å². The van der Waals surface area contributed by atoms with Gasteiger partial charge in [-0.15, -0.1) is 0 Å². The molecule has 0 fully saturated rings. The lowest BCUT2D eigenvalue weighted by molar-refractivity contribution is -0.126. The van der Waals surface area contributed by atoms with E-state index in [1.807, 2.05) is 161 Å². The lowest BCUT2D eigenvalue weighted by Gasteiger charge is -2.28. The summed E-state index contributed by atoms with van der Waals surface area (Å²) >= 11 is 0. The fourth-order valence-electron chi connectivity index (χ4n) is 11.3. The van der Waals surface area contributed by atoms with Crippen LogP contribution in [-0.2, 0) is 24.4 Å². The van der Waals surface area contributed by atoms with Crippen LogP contribution in [0.3, 0.4) is 0 Å². The van der Waals surface area contributed by atoms with Crippen molar-refractivity contribution in [2.45, 2.75) is 129 Å². The van der Waals surface area contributed by atoms with Gasteiger partial charge >= 0.3 is 0 Å². The van der Waals surface area contributed by atoms with Crippen molar-refractivity contribution < 1.29 is 38.9 Å². The number of nitrogens with zero attached hydrogens (tertiary/aromatic N) is 3. The number of methoxy groups -OCH3 is 1. The zero-order valence-corrected chi connectivity index (χ0v) is 52.7. The molecule has 0 saturated carbocycles. The Balaban J connectivity index is 0.000000151. The zero-order chi connectivity index (χ0) is 62.8. The summed E-state index contributed by atoms with van der Waals surface area (Å²) in [5.74, 6) is 1.04. The first-order chi connectivity index (χ1) is 40.4. The molecule has 2 heterocycles. The normalized spacial score (nSPS) is 13.7. The molecule has 7 aromatic carbocycles. The van der Waals surface area contributed by atoms with Crippen molar-refractivity contribution in [1.82, 2.24) is 14.3 Å². The highest BCUT2D eigenvalue weighted by molar-refractivity contribution is 6.09. The van der Waals surface area contributed by atoms with Crippen LogP contribution in [-0.4, -0.2) is 60.6 Å². The summed E-state index contributed by atoms with van der Waals surface area (Å²) < 4.78 is 9.25. The highest BCUT2D eigenvalue weighted by Gasteiger charge is 2.39. The third-order valence-corrected chi connectivity index (χ3v) is 15.8. The van der Waals surface area contributed by atoms with Crippen molar-refractivity contribution >= 4 is 50.7 Å². The Morgan fingerprint density at radius 2 is 0.977 bits per heavy atom. The van der Waals surface area contributed by atoms with E-state index in [-0.39, 0.29) is 58.5 Å². The molecule has 86 heavy (non-hydrogen) atoms. The van der Waals surface area contributed by atoms with Gasteiger partial charge in [0.15, 0.2) is 23.1 Å². The minimum Gasteiger partial charge on any atom is -0.496 e. The quantitative estimate of drug-likeness (QED) is 0.134. The number of aliphatic hydroxyl groups is 2. The third kappa shape index (κ3) is 13.5. The van der Waals surface area contributed by atoms with E-state index in [9.17, 15) is 34.2 Å². The number of carbonyl (C=O) groups excluding carboxylic acids is 5. The first-order valence-electron chi connectivity index (χ1n) is 29.5. The Morgan fingerprint density at radius 1 is 0.535 bits per heavy atom. The van der Waals surface area contributed by atoms with Gasteiger partial charge in [0.2, 0.25) is 0 Å². The van der Waals surface area contributed by atoms with Crippen molar-refractivity contribution in [3.63, 3.8) is 0 Å². The van der Waals surface area contributed by atoms with Gasteiger partial charge in [0, 0.05) is 66.8 Å². The molecule has 9 aromatic rings. The first kappa shape index (κ1) is 63.6. The summed E-state index contributed by atoms with van der Waals surface area (Å²) in [4.78, 5) is 62.1. The highest BCUT2D eigenvalue weighted by Crippen LogP contribution is 2.47. The number of para-hydroxylation sites is 2. The largest absolute Gasteiger partial charge is 0.496 e. The van der Waals surface area contributed by atoms with Crippen LogP contribution in [0.1, 0.15) is 179 Å². The predicted octanol–water partition coefficient (Wildman–Crippen LogP) is 16.6. The van der Waals surface area contributed by atoms with E-state index in [1.165, 1.54) is 40.0 Å². The van der Waals surface area contributed by atoms with Crippen LogP contribution in [0.5, 0.6) is 5.75 Å². The molecule has 0 aliphatic heterocycles. The molecule has 2 aliphatic carbocycles. The molecule has 2 N–H and O–H groups in total. The molecule has 11 heteroatoms. The molecular weight excluding hydrogens is 1070 g/mol. The van der Waals surface area contributed by atoms with Gasteiger partial charge in [0.25, 0.3) is 0 Å². The van der Waals surface area contributed by atoms with Crippen molar-refractivity contribution in [2.24, 2.45) is 27.1 Å². The van der Waals surface area contributed by atoms with Crippen molar-refractivity contribution in [2.75, 3.05) is 7.11 Å². The van der Waals surface area contributed by atoms with Crippen LogP contribution in [0.15, 0.2) is 164 Å². The topological polar surface area (TPSA) is 158 Å². The van der Waals surface area contributed by atoms with Gasteiger partial charge in [0.05, 0.1) is 60.4 Å². The van der Waals surface area contributed by atoms with Gasteiger partial charge < -0.3 is 19.5 Å². The third-order valence-electron chi connectivity index (χ3n) is 15.8. The molecule has 0 bridgehead atoms. The number of hydrogen-bond donors (Lipinski definition) is 2. The van der Waals surface area contributed by atoms with E-state index >= 15 is 0 Å². The summed E-state index contributed by atoms with van der Waals surface area (Å²) in [5, 5.41) is 25.5. The minimum atomic E-state index is -0.502. The Bertz CT molecular complexity index is 3870. The van der Waals surface area contributed by atoms with Gasteiger partial charge in [-0.05, 0) is 112 Å². The second kappa shape index (κ2) is 24.9. The number of fused-ring (bicyclic) bond motifs is 7. The van der Waals surface area contributed by atoms with E-state index in [4.69, 9.17) is 4.74 Å². The average Bonchev–Trinajstić information content (AvgIpc) is 1.99. The SMILES string of the molecule is CC(C)(C)C(=O)C1c2ccccc2-c2ccccc21.CC(C)(C)C(=O)c1ccc(-n2c3ccccc3c3ccccc32)cc1.CC1(C)CC(=O)c2cnn(-c3ccc(C(=O)C(C)(C)C)cc3)c2C1.COc1cc(C(=O)C(C)(C)C)cc(CO)c1CO. The fourth-order valence-corrected chi connectivity index (χ4v) is 11.3. The molecule has 0 amide bonds. The molecule has 2 aliphatic rings. The maximum Gasteiger partial charge on any atom is 0.168 e. The number of rotatable bonds is 9. The molecule has 0 atom stereocenters. The van der Waals surface area contributed by atoms with Crippen LogP contribution in [0, 0.1) is 27.1 Å². The van der Waals surface area contributed by atoms with Crippen molar-refractivity contribution in [3.8, 4) is 28.3 Å². The number of benzene rings is 7. The maximum atomic E-state index is 12.8. The predicted molar refractivity (Wildman–Crippen MR) is 345 cm³/mol. The van der Waals surface area contributed by atoms with Crippen LogP contribution < -0.4 is 4.74 Å². The lowest BCUT2D eigenvalue weighted by atomic mass is 9.76. The lowest BCUT2D eigenvalue weighted by Crippen LogP contribution is -2.27. The molecule has 11 nitrogen and oxygen atoms in total. The smallest absolute Gasteiger partial charge is 0.168 e. The van der Waals surface area contributed by atoms with Crippen LogP contribution in [0.4, 0.5) is 0 Å². The van der Waals surface area contributed by atoms with E-state index in [0.29, 0.717) is 40.2 Å².